The Labute approximate surface area is 110 Å². The van der Waals surface area contributed by atoms with E-state index in [1.54, 1.807) is 0 Å². The highest BCUT2D eigenvalue weighted by Gasteiger charge is 2.13. The van der Waals surface area contributed by atoms with Crippen molar-refractivity contribution in [3.63, 3.8) is 0 Å². The first kappa shape index (κ1) is 13.1. The van der Waals surface area contributed by atoms with Gasteiger partial charge in [-0.15, -0.1) is 0 Å². The van der Waals surface area contributed by atoms with Gasteiger partial charge in [0.1, 0.15) is 0 Å². The lowest BCUT2D eigenvalue weighted by molar-refractivity contribution is 0.0168. The summed E-state index contributed by atoms with van der Waals surface area (Å²) in [6.07, 6.45) is 6.88. The summed E-state index contributed by atoms with van der Waals surface area (Å²) in [6, 6.07) is 8.22. The van der Waals surface area contributed by atoms with Crippen molar-refractivity contribution in [2.75, 3.05) is 6.54 Å². The summed E-state index contributed by atoms with van der Waals surface area (Å²) in [5.74, 6) is 5.93. The third-order valence-corrected chi connectivity index (χ3v) is 3.30. The van der Waals surface area contributed by atoms with E-state index in [4.69, 9.17) is 10.5 Å². The number of rotatable bonds is 3. The number of hydrogen-bond acceptors (Lipinski definition) is 2. The maximum absolute atomic E-state index is 5.96. The lowest BCUT2D eigenvalue weighted by Crippen LogP contribution is -2.16. The molecule has 0 spiro atoms. The SMILES string of the molecule is NCC#Cc1cccc(COC2CCCCC2)c1. The van der Waals surface area contributed by atoms with Crippen LogP contribution in [-0.4, -0.2) is 12.6 Å². The van der Waals surface area contributed by atoms with Crippen LogP contribution in [0.2, 0.25) is 0 Å². The van der Waals surface area contributed by atoms with Crippen LogP contribution in [0, 0.1) is 11.8 Å². The Kier molecular flexibility index (Phi) is 5.26. The zero-order chi connectivity index (χ0) is 12.6. The van der Waals surface area contributed by atoms with Crippen LogP contribution in [0.25, 0.3) is 0 Å². The number of hydrogen-bond donors (Lipinski definition) is 1. The van der Waals surface area contributed by atoms with Gasteiger partial charge in [0, 0.05) is 5.56 Å². The maximum atomic E-state index is 5.96. The molecule has 18 heavy (non-hydrogen) atoms. The lowest BCUT2D eigenvalue weighted by Gasteiger charge is -2.22. The van der Waals surface area contributed by atoms with Crippen molar-refractivity contribution in [3.8, 4) is 11.8 Å². The predicted molar refractivity (Wildman–Crippen MR) is 74.0 cm³/mol. The highest BCUT2D eigenvalue weighted by molar-refractivity contribution is 5.37. The first-order valence-electron chi connectivity index (χ1n) is 6.78. The third kappa shape index (κ3) is 4.18. The molecule has 1 aromatic rings. The van der Waals surface area contributed by atoms with Crippen LogP contribution in [0.1, 0.15) is 43.2 Å². The Hall–Kier alpha value is -1.30. The molecule has 0 bridgehead atoms. The van der Waals surface area contributed by atoms with Gasteiger partial charge < -0.3 is 10.5 Å². The molecule has 96 valence electrons. The van der Waals surface area contributed by atoms with Gasteiger partial charge >= 0.3 is 0 Å². The van der Waals surface area contributed by atoms with Crippen molar-refractivity contribution in [1.29, 1.82) is 0 Å². The van der Waals surface area contributed by atoms with Gasteiger partial charge in [0.2, 0.25) is 0 Å². The van der Waals surface area contributed by atoms with Crippen molar-refractivity contribution in [1.82, 2.24) is 0 Å². The standard InChI is InChI=1S/C16H21NO/c17-11-5-8-14-6-4-7-15(12-14)13-18-16-9-2-1-3-10-16/h4,6-7,12,16H,1-3,9-11,13,17H2. The molecule has 1 aromatic carbocycles. The minimum absolute atomic E-state index is 0.406. The molecule has 0 aliphatic heterocycles. The summed E-state index contributed by atoms with van der Waals surface area (Å²) in [4.78, 5) is 0. The van der Waals surface area contributed by atoms with Crippen molar-refractivity contribution in [2.24, 2.45) is 5.73 Å². The zero-order valence-electron chi connectivity index (χ0n) is 10.8. The minimum Gasteiger partial charge on any atom is -0.374 e. The van der Waals surface area contributed by atoms with Crippen LogP contribution in [0.4, 0.5) is 0 Å². The highest BCUT2D eigenvalue weighted by atomic mass is 16.5. The maximum Gasteiger partial charge on any atom is 0.0721 e. The summed E-state index contributed by atoms with van der Waals surface area (Å²) in [6.45, 7) is 1.10. The van der Waals surface area contributed by atoms with Gasteiger partial charge in [-0.1, -0.05) is 43.2 Å². The molecule has 0 heterocycles. The van der Waals surface area contributed by atoms with Crippen LogP contribution >= 0.6 is 0 Å². The van der Waals surface area contributed by atoms with Crippen LogP contribution in [0.5, 0.6) is 0 Å². The van der Waals surface area contributed by atoms with Crippen LogP contribution in [0.3, 0.4) is 0 Å². The molecule has 0 radical (unpaired) electrons. The van der Waals surface area contributed by atoms with E-state index in [1.807, 2.05) is 12.1 Å². The van der Waals surface area contributed by atoms with Crippen molar-refractivity contribution in [2.45, 2.75) is 44.8 Å². The second-order valence-corrected chi connectivity index (χ2v) is 4.78. The van der Waals surface area contributed by atoms with E-state index >= 15 is 0 Å². The summed E-state index contributed by atoms with van der Waals surface area (Å²) in [5, 5.41) is 0. The molecule has 0 amide bonds. The van der Waals surface area contributed by atoms with Crippen LogP contribution < -0.4 is 5.73 Å². The van der Waals surface area contributed by atoms with Gasteiger partial charge in [-0.2, -0.15) is 0 Å². The monoisotopic (exact) mass is 243 g/mol. The van der Waals surface area contributed by atoms with Gasteiger partial charge in [-0.3, -0.25) is 0 Å². The molecule has 0 saturated heterocycles. The Morgan fingerprint density at radius 1 is 1.22 bits per heavy atom. The van der Waals surface area contributed by atoms with Gasteiger partial charge in [-0.05, 0) is 30.5 Å². The number of nitrogens with two attached hydrogens (primary N) is 1. The van der Waals surface area contributed by atoms with E-state index in [9.17, 15) is 0 Å². The lowest BCUT2D eigenvalue weighted by atomic mass is 9.98. The molecular weight excluding hydrogens is 222 g/mol. The van der Waals surface area contributed by atoms with Crippen molar-refractivity contribution >= 4 is 0 Å². The molecule has 2 nitrogen and oxygen atoms in total. The molecule has 2 N–H and O–H groups in total. The largest absolute Gasteiger partial charge is 0.374 e. The Morgan fingerprint density at radius 3 is 2.83 bits per heavy atom. The van der Waals surface area contributed by atoms with E-state index in [-0.39, 0.29) is 0 Å². The molecule has 1 aliphatic carbocycles. The second kappa shape index (κ2) is 7.20. The minimum atomic E-state index is 0.406. The van der Waals surface area contributed by atoms with Gasteiger partial charge in [0.15, 0.2) is 0 Å². The second-order valence-electron chi connectivity index (χ2n) is 4.78. The summed E-state index contributed by atoms with van der Waals surface area (Å²) < 4.78 is 5.96. The third-order valence-electron chi connectivity index (χ3n) is 3.30. The van der Waals surface area contributed by atoms with Gasteiger partial charge in [-0.25, -0.2) is 0 Å². The summed E-state index contributed by atoms with van der Waals surface area (Å²) in [5.41, 5.74) is 7.59. The van der Waals surface area contributed by atoms with Crippen LogP contribution in [0.15, 0.2) is 24.3 Å². The summed E-state index contributed by atoms with van der Waals surface area (Å²) in [7, 11) is 0. The zero-order valence-corrected chi connectivity index (χ0v) is 10.8. The highest BCUT2D eigenvalue weighted by Crippen LogP contribution is 2.21. The smallest absolute Gasteiger partial charge is 0.0721 e. The topological polar surface area (TPSA) is 35.2 Å². The Balaban J connectivity index is 1.88. The van der Waals surface area contributed by atoms with E-state index < -0.39 is 0 Å². The van der Waals surface area contributed by atoms with Crippen molar-refractivity contribution in [3.05, 3.63) is 35.4 Å². The van der Waals surface area contributed by atoms with Crippen LogP contribution in [-0.2, 0) is 11.3 Å². The van der Waals surface area contributed by atoms with E-state index in [2.05, 4.69) is 24.0 Å². The molecule has 2 rings (SSSR count). The Bertz CT molecular complexity index is 424. The first-order valence-corrected chi connectivity index (χ1v) is 6.78. The fourth-order valence-electron chi connectivity index (χ4n) is 2.34. The van der Waals surface area contributed by atoms with E-state index in [1.165, 1.54) is 37.7 Å². The first-order chi connectivity index (χ1) is 8.88. The molecule has 1 aliphatic rings. The molecule has 0 aromatic heterocycles. The van der Waals surface area contributed by atoms with Gasteiger partial charge in [0.05, 0.1) is 19.3 Å². The average molecular weight is 243 g/mol. The fraction of sp³-hybridized carbons (Fsp3) is 0.500. The fourth-order valence-corrected chi connectivity index (χ4v) is 2.34. The van der Waals surface area contributed by atoms with E-state index in [0.29, 0.717) is 19.3 Å². The summed E-state index contributed by atoms with van der Waals surface area (Å²) >= 11 is 0. The van der Waals surface area contributed by atoms with Gasteiger partial charge in [0.25, 0.3) is 0 Å². The average Bonchev–Trinajstić information content (AvgIpc) is 2.44. The number of benzene rings is 1. The predicted octanol–water partition coefficient (Wildman–Crippen LogP) is 2.85. The van der Waals surface area contributed by atoms with Crippen molar-refractivity contribution < 1.29 is 4.74 Å². The Morgan fingerprint density at radius 2 is 2.06 bits per heavy atom. The molecule has 0 unspecified atom stereocenters. The number of ether oxygens (including phenoxy) is 1. The molecular formula is C16H21NO. The normalized spacial score (nSPS) is 16.1. The molecule has 0 atom stereocenters. The molecule has 2 heteroatoms. The quantitative estimate of drug-likeness (QED) is 0.828. The molecule has 1 saturated carbocycles. The van der Waals surface area contributed by atoms with E-state index in [0.717, 1.165) is 5.56 Å². The molecule has 1 fully saturated rings.